The quantitative estimate of drug-likeness (QED) is 0.683. The van der Waals surface area contributed by atoms with Crippen molar-refractivity contribution >= 4 is 22.8 Å². The van der Waals surface area contributed by atoms with E-state index in [0.29, 0.717) is 0 Å². The van der Waals surface area contributed by atoms with E-state index in [4.69, 9.17) is 0 Å². The number of hydrogen-bond acceptors (Lipinski definition) is 7. The molecule has 0 saturated carbocycles. The van der Waals surface area contributed by atoms with Gasteiger partial charge in [0, 0.05) is 45.1 Å². The van der Waals surface area contributed by atoms with E-state index in [-0.39, 0.29) is 0 Å². The molecule has 1 N–H and O–H groups in total. The Balaban J connectivity index is 1.19. The van der Waals surface area contributed by atoms with Crippen molar-refractivity contribution in [1.82, 2.24) is 24.8 Å². The highest BCUT2D eigenvalue weighted by atomic mass is 15.3. The average molecular weight is 349 g/mol. The standard InChI is InChI=1S/C19H23N7/c1-2-6-17-16(5-1)23-15-18(24-17)20-9-4-10-25-11-13-26(14-12-25)19-21-7-3-8-22-19/h1-3,5-8,15H,4,9-14H2,(H,20,24). The molecule has 26 heavy (non-hydrogen) atoms. The molecule has 1 aromatic carbocycles. The molecule has 0 unspecified atom stereocenters. The van der Waals surface area contributed by atoms with Crippen LogP contribution in [0.1, 0.15) is 6.42 Å². The molecule has 3 heterocycles. The van der Waals surface area contributed by atoms with Crippen molar-refractivity contribution in [2.75, 3.05) is 49.5 Å². The Kier molecular flexibility index (Phi) is 5.16. The molecule has 1 fully saturated rings. The van der Waals surface area contributed by atoms with Crippen molar-refractivity contribution in [2.45, 2.75) is 6.42 Å². The summed E-state index contributed by atoms with van der Waals surface area (Å²) >= 11 is 0. The summed E-state index contributed by atoms with van der Waals surface area (Å²) in [5.74, 6) is 1.68. The molecule has 7 heteroatoms. The first-order chi connectivity index (χ1) is 12.9. The Labute approximate surface area is 153 Å². The first-order valence-corrected chi connectivity index (χ1v) is 9.08. The number of para-hydroxylation sites is 2. The molecule has 1 aliphatic rings. The van der Waals surface area contributed by atoms with Gasteiger partial charge < -0.3 is 10.2 Å². The van der Waals surface area contributed by atoms with Gasteiger partial charge in [-0.1, -0.05) is 12.1 Å². The fourth-order valence-electron chi connectivity index (χ4n) is 3.19. The highest BCUT2D eigenvalue weighted by Gasteiger charge is 2.18. The minimum absolute atomic E-state index is 0.837. The summed E-state index contributed by atoms with van der Waals surface area (Å²) in [6, 6.07) is 9.79. The number of anilines is 2. The van der Waals surface area contributed by atoms with E-state index in [1.807, 2.05) is 30.3 Å². The predicted octanol–water partition coefficient (Wildman–Crippen LogP) is 2.04. The molecule has 0 bridgehead atoms. The summed E-state index contributed by atoms with van der Waals surface area (Å²) < 4.78 is 0. The van der Waals surface area contributed by atoms with Crippen molar-refractivity contribution in [2.24, 2.45) is 0 Å². The number of fused-ring (bicyclic) bond motifs is 1. The van der Waals surface area contributed by atoms with Gasteiger partial charge in [-0.2, -0.15) is 0 Å². The van der Waals surface area contributed by atoms with E-state index in [9.17, 15) is 0 Å². The first-order valence-electron chi connectivity index (χ1n) is 9.08. The Bertz CT molecular complexity index is 831. The Hall–Kier alpha value is -2.80. The maximum atomic E-state index is 4.60. The number of rotatable bonds is 6. The van der Waals surface area contributed by atoms with Gasteiger partial charge in [0.05, 0.1) is 17.2 Å². The maximum absolute atomic E-state index is 4.60. The number of aromatic nitrogens is 4. The zero-order chi connectivity index (χ0) is 17.6. The van der Waals surface area contributed by atoms with Crippen LogP contribution in [-0.2, 0) is 0 Å². The largest absolute Gasteiger partial charge is 0.369 e. The highest BCUT2D eigenvalue weighted by molar-refractivity contribution is 5.75. The molecular weight excluding hydrogens is 326 g/mol. The van der Waals surface area contributed by atoms with Crippen LogP contribution < -0.4 is 10.2 Å². The molecule has 4 rings (SSSR count). The van der Waals surface area contributed by atoms with Gasteiger partial charge in [-0.25, -0.2) is 15.0 Å². The van der Waals surface area contributed by atoms with E-state index in [0.717, 1.165) is 68.5 Å². The van der Waals surface area contributed by atoms with Gasteiger partial charge in [-0.15, -0.1) is 0 Å². The number of piperazine rings is 1. The number of nitrogens with zero attached hydrogens (tertiary/aromatic N) is 6. The lowest BCUT2D eigenvalue weighted by molar-refractivity contribution is 0.256. The zero-order valence-electron chi connectivity index (χ0n) is 14.8. The van der Waals surface area contributed by atoms with Crippen molar-refractivity contribution < 1.29 is 0 Å². The summed E-state index contributed by atoms with van der Waals surface area (Å²) in [5.41, 5.74) is 1.86. The van der Waals surface area contributed by atoms with Gasteiger partial charge in [-0.05, 0) is 31.2 Å². The van der Waals surface area contributed by atoms with Gasteiger partial charge in [0.15, 0.2) is 0 Å². The maximum Gasteiger partial charge on any atom is 0.225 e. The number of benzene rings is 1. The molecule has 0 aliphatic carbocycles. The van der Waals surface area contributed by atoms with Gasteiger partial charge in [0.2, 0.25) is 5.95 Å². The normalized spacial score (nSPS) is 15.3. The minimum Gasteiger partial charge on any atom is -0.369 e. The zero-order valence-corrected chi connectivity index (χ0v) is 14.8. The van der Waals surface area contributed by atoms with Gasteiger partial charge in [0.25, 0.3) is 0 Å². The first kappa shape index (κ1) is 16.7. The summed E-state index contributed by atoms with van der Waals surface area (Å²) in [6.45, 7) is 6.04. The molecule has 3 aromatic rings. The lowest BCUT2D eigenvalue weighted by Crippen LogP contribution is -2.47. The molecule has 134 valence electrons. The molecule has 1 aliphatic heterocycles. The molecule has 0 atom stereocenters. The van der Waals surface area contributed by atoms with Crippen molar-refractivity contribution in [3.05, 3.63) is 48.9 Å². The predicted molar refractivity (Wildman–Crippen MR) is 103 cm³/mol. The Morgan fingerprint density at radius 3 is 2.46 bits per heavy atom. The fourth-order valence-corrected chi connectivity index (χ4v) is 3.19. The van der Waals surface area contributed by atoms with Gasteiger partial charge in [0.1, 0.15) is 5.82 Å². The van der Waals surface area contributed by atoms with Crippen LogP contribution in [0.4, 0.5) is 11.8 Å². The monoisotopic (exact) mass is 349 g/mol. The van der Waals surface area contributed by atoms with E-state index < -0.39 is 0 Å². The number of nitrogens with one attached hydrogen (secondary N) is 1. The molecule has 2 aromatic heterocycles. The molecule has 0 spiro atoms. The van der Waals surface area contributed by atoms with Crippen molar-refractivity contribution in [1.29, 1.82) is 0 Å². The summed E-state index contributed by atoms with van der Waals surface area (Å²) in [6.07, 6.45) is 6.49. The van der Waals surface area contributed by atoms with Crippen LogP contribution in [0, 0.1) is 0 Å². The molecule has 7 nitrogen and oxygen atoms in total. The molecule has 0 amide bonds. The van der Waals surface area contributed by atoms with Crippen LogP contribution in [-0.4, -0.2) is 64.1 Å². The van der Waals surface area contributed by atoms with Crippen LogP contribution >= 0.6 is 0 Å². The van der Waals surface area contributed by atoms with Gasteiger partial charge in [-0.3, -0.25) is 9.88 Å². The van der Waals surface area contributed by atoms with Crippen LogP contribution in [0.2, 0.25) is 0 Å². The number of hydrogen-bond donors (Lipinski definition) is 1. The molecular formula is C19H23N7. The minimum atomic E-state index is 0.837. The van der Waals surface area contributed by atoms with Crippen LogP contribution in [0.5, 0.6) is 0 Å². The Morgan fingerprint density at radius 1 is 0.885 bits per heavy atom. The fraction of sp³-hybridized carbons (Fsp3) is 0.368. The Morgan fingerprint density at radius 2 is 1.65 bits per heavy atom. The topological polar surface area (TPSA) is 70.1 Å². The molecule has 0 radical (unpaired) electrons. The van der Waals surface area contributed by atoms with Crippen molar-refractivity contribution in [3.8, 4) is 0 Å². The van der Waals surface area contributed by atoms with Crippen LogP contribution in [0.3, 0.4) is 0 Å². The summed E-state index contributed by atoms with van der Waals surface area (Å²) in [7, 11) is 0. The smallest absolute Gasteiger partial charge is 0.225 e. The highest BCUT2D eigenvalue weighted by Crippen LogP contribution is 2.12. The summed E-state index contributed by atoms with van der Waals surface area (Å²) in [4.78, 5) is 22.4. The third-order valence-corrected chi connectivity index (χ3v) is 4.61. The lowest BCUT2D eigenvalue weighted by atomic mass is 10.3. The molecule has 1 saturated heterocycles. The summed E-state index contributed by atoms with van der Waals surface area (Å²) in [5, 5.41) is 3.38. The van der Waals surface area contributed by atoms with E-state index in [1.165, 1.54) is 0 Å². The van der Waals surface area contributed by atoms with Crippen LogP contribution in [0.25, 0.3) is 11.0 Å². The van der Waals surface area contributed by atoms with Gasteiger partial charge >= 0.3 is 0 Å². The third-order valence-electron chi connectivity index (χ3n) is 4.61. The second-order valence-electron chi connectivity index (χ2n) is 6.40. The second-order valence-corrected chi connectivity index (χ2v) is 6.40. The van der Waals surface area contributed by atoms with Crippen molar-refractivity contribution in [3.63, 3.8) is 0 Å². The van der Waals surface area contributed by atoms with E-state index >= 15 is 0 Å². The SMILES string of the molecule is c1cnc(N2CCN(CCCNc3cnc4ccccc4n3)CC2)nc1. The average Bonchev–Trinajstić information content (AvgIpc) is 2.72. The van der Waals surface area contributed by atoms with Crippen LogP contribution in [0.15, 0.2) is 48.9 Å². The third kappa shape index (κ3) is 4.05. The second kappa shape index (κ2) is 8.05. The van der Waals surface area contributed by atoms with E-state index in [1.54, 1.807) is 18.6 Å². The van der Waals surface area contributed by atoms with E-state index in [2.05, 4.69) is 35.1 Å². The lowest BCUT2D eigenvalue weighted by Gasteiger charge is -2.34.